The second kappa shape index (κ2) is 21.3. The van der Waals surface area contributed by atoms with Crippen molar-refractivity contribution >= 4 is 34.8 Å². The Labute approximate surface area is 141 Å². The Hall–Kier alpha value is 1.31. The van der Waals surface area contributed by atoms with Gasteiger partial charge in [0.15, 0.2) is 0 Å². The average Bonchev–Trinajstić information content (AvgIpc) is 2.13. The van der Waals surface area contributed by atoms with Crippen LogP contribution >= 0.6 is 34.8 Å². The quantitative estimate of drug-likeness (QED) is 0.389. The highest BCUT2D eigenvalue weighted by Crippen LogP contribution is 2.23. The van der Waals surface area contributed by atoms with Crippen molar-refractivity contribution in [3.05, 3.63) is 12.2 Å². The van der Waals surface area contributed by atoms with E-state index in [0.717, 1.165) is 0 Å². The van der Waals surface area contributed by atoms with Gasteiger partial charge in [-0.05, 0) is 62.3 Å². The molecule has 0 saturated carbocycles. The standard InChI is InChI=1S/C4H9F.C4H8.2C3H10OP2/c1-4(2,3)5;1-4(2)3;2*1-3(2)4-6-5/h1-3H3;1H2,2-3H3;2*3,6H,5H2,1-2H3. The van der Waals surface area contributed by atoms with Gasteiger partial charge in [-0.15, -0.1) is 6.58 Å². The summed E-state index contributed by atoms with van der Waals surface area (Å²) >= 11 is 0. The molecule has 2 nitrogen and oxygen atoms in total. The maximum Gasteiger partial charge on any atom is 0.102 e. The molecule has 0 radical (unpaired) electrons. The van der Waals surface area contributed by atoms with E-state index in [0.29, 0.717) is 29.2 Å². The molecule has 132 valence electrons. The Morgan fingerprint density at radius 3 is 1.10 bits per heavy atom. The molecule has 21 heavy (non-hydrogen) atoms. The molecule has 4 atom stereocenters. The topological polar surface area (TPSA) is 18.5 Å². The number of rotatable bonds is 4. The number of allylic oxidation sites excluding steroid dienone is 1. The summed E-state index contributed by atoms with van der Waals surface area (Å²) in [6.45, 7) is 20.2. The lowest BCUT2D eigenvalue weighted by Gasteiger charge is -1.99. The molecule has 4 unspecified atom stereocenters. The Morgan fingerprint density at radius 2 is 1.10 bits per heavy atom. The minimum Gasteiger partial charge on any atom is -0.356 e. The van der Waals surface area contributed by atoms with Crippen LogP contribution in [-0.4, -0.2) is 17.9 Å². The molecule has 0 heterocycles. The third-order valence-corrected chi connectivity index (χ3v) is 2.64. The van der Waals surface area contributed by atoms with E-state index in [1.807, 2.05) is 41.5 Å². The van der Waals surface area contributed by atoms with Crippen LogP contribution in [0.5, 0.6) is 0 Å². The highest BCUT2D eigenvalue weighted by atomic mass is 32.0. The van der Waals surface area contributed by atoms with E-state index in [2.05, 4.69) is 24.4 Å². The fraction of sp³-hybridized carbons (Fsp3) is 0.857. The molecule has 0 aromatic heterocycles. The summed E-state index contributed by atoms with van der Waals surface area (Å²) in [7, 11) is 6.17. The predicted octanol–water partition coefficient (Wildman–Crippen LogP) is 6.93. The van der Waals surface area contributed by atoms with Gasteiger partial charge in [0.1, 0.15) is 5.67 Å². The molecule has 0 fully saturated rings. The summed E-state index contributed by atoms with van der Waals surface area (Å²) in [5, 5.41) is 0. The largest absolute Gasteiger partial charge is 0.356 e. The number of halogens is 1. The molecule has 0 saturated heterocycles. The minimum atomic E-state index is -1.00. The van der Waals surface area contributed by atoms with Gasteiger partial charge >= 0.3 is 0 Å². The molecule has 0 N–H and O–H groups in total. The van der Waals surface area contributed by atoms with Crippen molar-refractivity contribution in [2.24, 2.45) is 0 Å². The van der Waals surface area contributed by atoms with Crippen LogP contribution in [0.3, 0.4) is 0 Å². The Balaban J connectivity index is -0.0000000929. The summed E-state index contributed by atoms with van der Waals surface area (Å²) < 4.78 is 21.8. The van der Waals surface area contributed by atoms with Crippen LogP contribution in [0, 0.1) is 0 Å². The first-order valence-corrected chi connectivity index (χ1v) is 12.2. The fourth-order valence-electron chi connectivity index (χ4n) is 0.272. The first kappa shape index (κ1) is 30.2. The molecule has 0 aromatic rings. The zero-order valence-electron chi connectivity index (χ0n) is 15.2. The third kappa shape index (κ3) is 149. The third-order valence-electron chi connectivity index (χ3n) is 0.607. The Kier molecular flexibility index (Phi) is 30.7. The van der Waals surface area contributed by atoms with Gasteiger partial charge in [0.25, 0.3) is 0 Å². The predicted molar refractivity (Wildman–Crippen MR) is 110 cm³/mol. The summed E-state index contributed by atoms with van der Waals surface area (Å²) in [6, 6.07) is 0. The summed E-state index contributed by atoms with van der Waals surface area (Å²) in [6.07, 6.45) is 0.779. The lowest BCUT2D eigenvalue weighted by molar-refractivity contribution is 0.246. The zero-order valence-corrected chi connectivity index (χ0v) is 19.5. The normalized spacial score (nSPS) is 11.0. The number of hydrogen-bond donors (Lipinski definition) is 0. The van der Waals surface area contributed by atoms with Gasteiger partial charge in [-0.2, -0.15) is 0 Å². The molecule has 0 bridgehead atoms. The van der Waals surface area contributed by atoms with Crippen LogP contribution in [0.1, 0.15) is 62.3 Å². The van der Waals surface area contributed by atoms with Crippen LogP contribution in [0.15, 0.2) is 12.2 Å². The lowest BCUT2D eigenvalue weighted by Crippen LogP contribution is -2.01. The lowest BCUT2D eigenvalue weighted by atomic mass is 10.2. The first-order valence-electron chi connectivity index (χ1n) is 6.81. The van der Waals surface area contributed by atoms with E-state index in [4.69, 9.17) is 9.05 Å². The van der Waals surface area contributed by atoms with E-state index in [9.17, 15) is 4.39 Å². The molecule has 7 heteroatoms. The molecule has 0 aromatic carbocycles. The van der Waals surface area contributed by atoms with Crippen LogP contribution in [0.2, 0.25) is 0 Å². The molecule has 0 spiro atoms. The Morgan fingerprint density at radius 1 is 0.952 bits per heavy atom. The van der Waals surface area contributed by atoms with Crippen LogP contribution in [-0.2, 0) is 9.05 Å². The van der Waals surface area contributed by atoms with Gasteiger partial charge in [0.05, 0.1) is 12.2 Å². The van der Waals surface area contributed by atoms with Crippen LogP contribution < -0.4 is 0 Å². The first-order chi connectivity index (χ1) is 9.27. The van der Waals surface area contributed by atoms with Gasteiger partial charge in [0, 0.05) is 17.0 Å². The van der Waals surface area contributed by atoms with Gasteiger partial charge in [-0.3, -0.25) is 0 Å². The van der Waals surface area contributed by atoms with Gasteiger partial charge in [-0.1, -0.05) is 23.4 Å². The monoisotopic (exact) mass is 380 g/mol. The van der Waals surface area contributed by atoms with Crippen molar-refractivity contribution in [2.45, 2.75) is 80.2 Å². The molecule has 0 aliphatic heterocycles. The second-order valence-corrected chi connectivity index (χ2v) is 8.20. The smallest absolute Gasteiger partial charge is 0.102 e. The minimum absolute atomic E-state index is 0.390. The highest BCUT2D eigenvalue weighted by molar-refractivity contribution is 8.00. The van der Waals surface area contributed by atoms with Gasteiger partial charge < -0.3 is 9.05 Å². The van der Waals surface area contributed by atoms with Crippen molar-refractivity contribution in [3.63, 3.8) is 0 Å². The van der Waals surface area contributed by atoms with Gasteiger partial charge in [0.2, 0.25) is 0 Å². The highest BCUT2D eigenvalue weighted by Gasteiger charge is 2.01. The van der Waals surface area contributed by atoms with Crippen molar-refractivity contribution in [1.82, 2.24) is 0 Å². The molecule has 0 aliphatic rings. The van der Waals surface area contributed by atoms with E-state index in [1.54, 1.807) is 0 Å². The summed E-state index contributed by atoms with van der Waals surface area (Å²) in [5.41, 5.74) is 0.167. The van der Waals surface area contributed by atoms with Crippen LogP contribution in [0.25, 0.3) is 0 Å². The van der Waals surface area contributed by atoms with E-state index in [-0.39, 0.29) is 0 Å². The van der Waals surface area contributed by atoms with Crippen molar-refractivity contribution in [1.29, 1.82) is 0 Å². The molecule has 0 rings (SSSR count). The second-order valence-electron chi connectivity index (χ2n) is 5.84. The van der Waals surface area contributed by atoms with E-state index in [1.165, 1.54) is 26.3 Å². The van der Waals surface area contributed by atoms with Crippen LogP contribution in [0.4, 0.5) is 4.39 Å². The molecular formula is C14H37FO2P4. The fourth-order valence-corrected chi connectivity index (χ4v) is 2.45. The average molecular weight is 380 g/mol. The SMILES string of the molecule is C=C(C)C.CC(C)(C)F.CC(C)OPP.CC(C)OPP. The number of alkyl halides is 1. The summed E-state index contributed by atoms with van der Waals surface area (Å²) in [4.78, 5) is 0. The van der Waals surface area contributed by atoms with E-state index < -0.39 is 5.67 Å². The molecule has 0 aliphatic carbocycles. The van der Waals surface area contributed by atoms with Gasteiger partial charge in [-0.25, -0.2) is 4.39 Å². The van der Waals surface area contributed by atoms with Crippen molar-refractivity contribution in [3.8, 4) is 0 Å². The maximum atomic E-state index is 11.7. The Bertz CT molecular complexity index is 188. The number of hydrogen-bond acceptors (Lipinski definition) is 2. The molecular weight excluding hydrogens is 343 g/mol. The summed E-state index contributed by atoms with van der Waals surface area (Å²) in [5.74, 6) is 0. The van der Waals surface area contributed by atoms with Crippen molar-refractivity contribution in [2.75, 3.05) is 0 Å². The molecule has 0 amide bonds. The van der Waals surface area contributed by atoms with E-state index >= 15 is 0 Å². The zero-order chi connectivity index (χ0) is 18.1. The maximum absolute atomic E-state index is 11.7. The van der Waals surface area contributed by atoms with Crippen molar-refractivity contribution < 1.29 is 13.4 Å².